The molecule has 0 aliphatic rings. The van der Waals surface area contributed by atoms with E-state index in [1.54, 1.807) is 4.90 Å². The van der Waals surface area contributed by atoms with Gasteiger partial charge in [-0.1, -0.05) is 57.0 Å². The molecule has 0 bridgehead atoms. The zero-order valence-corrected chi connectivity index (χ0v) is 12.4. The second-order valence-electron chi connectivity index (χ2n) is 3.39. The molecule has 0 saturated carbocycles. The lowest BCUT2D eigenvalue weighted by molar-refractivity contribution is -0.118. The van der Waals surface area contributed by atoms with E-state index < -0.39 is 0 Å². The van der Waals surface area contributed by atoms with Crippen molar-refractivity contribution >= 4 is 43.5 Å². The summed E-state index contributed by atoms with van der Waals surface area (Å²) in [6.07, 6.45) is 0.796. The highest BCUT2D eigenvalue weighted by Crippen LogP contribution is 2.18. The van der Waals surface area contributed by atoms with Crippen LogP contribution in [0.2, 0.25) is 0 Å². The van der Waals surface area contributed by atoms with Crippen LogP contribution in [0, 0.1) is 0 Å². The fraction of sp³-hybridized carbons (Fsp3) is 0.417. The third-order valence-electron chi connectivity index (χ3n) is 2.27. The fourth-order valence-electron chi connectivity index (χ4n) is 1.40. The van der Waals surface area contributed by atoms with Gasteiger partial charge in [0.25, 0.3) is 0 Å². The van der Waals surface area contributed by atoms with Gasteiger partial charge in [-0.15, -0.1) is 0 Å². The standard InChI is InChI=1S/C12H15Br2NO/c1-2-11(14)12(16)15(9-8-13)10-6-4-3-5-7-10/h3-7,11H,2,8-9H2,1H3. The smallest absolute Gasteiger partial charge is 0.240 e. The molecule has 0 aliphatic carbocycles. The van der Waals surface area contributed by atoms with Crippen molar-refractivity contribution < 1.29 is 4.79 Å². The molecule has 0 N–H and O–H groups in total. The number of nitrogens with zero attached hydrogens (tertiary/aromatic N) is 1. The molecule has 16 heavy (non-hydrogen) atoms. The summed E-state index contributed by atoms with van der Waals surface area (Å²) in [5, 5.41) is 0.775. The minimum Gasteiger partial charge on any atom is -0.311 e. The van der Waals surface area contributed by atoms with Crippen molar-refractivity contribution in [2.24, 2.45) is 0 Å². The monoisotopic (exact) mass is 347 g/mol. The molecule has 2 nitrogen and oxygen atoms in total. The summed E-state index contributed by atoms with van der Waals surface area (Å²) in [6.45, 7) is 2.68. The molecule has 1 unspecified atom stereocenters. The zero-order valence-electron chi connectivity index (χ0n) is 9.20. The number of benzene rings is 1. The van der Waals surface area contributed by atoms with Crippen molar-refractivity contribution in [1.82, 2.24) is 0 Å². The molecule has 0 fully saturated rings. The van der Waals surface area contributed by atoms with Crippen LogP contribution in [0.1, 0.15) is 13.3 Å². The Balaban J connectivity index is 2.87. The Morgan fingerprint density at radius 1 is 1.38 bits per heavy atom. The Kier molecular flexibility index (Phi) is 6.06. The van der Waals surface area contributed by atoms with Gasteiger partial charge >= 0.3 is 0 Å². The van der Waals surface area contributed by atoms with E-state index in [0.717, 1.165) is 17.4 Å². The minimum absolute atomic E-state index is 0.105. The molecular formula is C12H15Br2NO. The molecule has 0 radical (unpaired) electrons. The van der Waals surface area contributed by atoms with E-state index in [-0.39, 0.29) is 10.7 Å². The molecule has 1 aromatic rings. The Labute approximate surface area is 113 Å². The molecule has 1 aromatic carbocycles. The minimum atomic E-state index is -0.105. The molecule has 0 saturated heterocycles. The third-order valence-corrected chi connectivity index (χ3v) is 3.66. The number of rotatable bonds is 5. The highest BCUT2D eigenvalue weighted by molar-refractivity contribution is 9.10. The van der Waals surface area contributed by atoms with Crippen molar-refractivity contribution in [1.29, 1.82) is 0 Å². The summed E-state index contributed by atoms with van der Waals surface area (Å²) in [6, 6.07) is 9.75. The summed E-state index contributed by atoms with van der Waals surface area (Å²) >= 11 is 6.78. The van der Waals surface area contributed by atoms with E-state index in [1.807, 2.05) is 37.3 Å². The predicted octanol–water partition coefficient (Wildman–Crippen LogP) is 3.59. The van der Waals surface area contributed by atoms with Crippen LogP contribution in [-0.4, -0.2) is 22.6 Å². The van der Waals surface area contributed by atoms with Crippen LogP contribution in [0.4, 0.5) is 5.69 Å². The Hall–Kier alpha value is -0.350. The quantitative estimate of drug-likeness (QED) is 0.744. The lowest BCUT2D eigenvalue weighted by Crippen LogP contribution is -2.37. The van der Waals surface area contributed by atoms with E-state index in [2.05, 4.69) is 31.9 Å². The average Bonchev–Trinajstić information content (AvgIpc) is 2.35. The average molecular weight is 349 g/mol. The van der Waals surface area contributed by atoms with Gasteiger partial charge in [0.05, 0.1) is 4.83 Å². The van der Waals surface area contributed by atoms with E-state index >= 15 is 0 Å². The van der Waals surface area contributed by atoms with Gasteiger partial charge in [0.2, 0.25) is 5.91 Å². The number of carbonyl (C=O) groups is 1. The molecule has 0 aliphatic heterocycles. The lowest BCUT2D eigenvalue weighted by atomic mass is 10.2. The molecule has 0 aromatic heterocycles. The first kappa shape index (κ1) is 13.7. The lowest BCUT2D eigenvalue weighted by Gasteiger charge is -2.24. The van der Waals surface area contributed by atoms with Crippen molar-refractivity contribution in [2.45, 2.75) is 18.2 Å². The molecule has 1 rings (SSSR count). The second-order valence-corrected chi connectivity index (χ2v) is 5.29. The van der Waals surface area contributed by atoms with Gasteiger partial charge < -0.3 is 4.90 Å². The van der Waals surface area contributed by atoms with Crippen LogP contribution < -0.4 is 4.90 Å². The highest BCUT2D eigenvalue weighted by Gasteiger charge is 2.20. The zero-order chi connectivity index (χ0) is 12.0. The number of anilines is 1. The molecule has 1 atom stereocenters. The van der Waals surface area contributed by atoms with Crippen molar-refractivity contribution in [3.63, 3.8) is 0 Å². The van der Waals surface area contributed by atoms with Crippen molar-refractivity contribution in [3.8, 4) is 0 Å². The first-order chi connectivity index (χ1) is 7.70. The maximum Gasteiger partial charge on any atom is 0.240 e. The van der Waals surface area contributed by atoms with Gasteiger partial charge in [0.1, 0.15) is 0 Å². The second kappa shape index (κ2) is 7.07. The summed E-state index contributed by atoms with van der Waals surface area (Å²) in [4.78, 5) is 13.8. The summed E-state index contributed by atoms with van der Waals surface area (Å²) in [5.74, 6) is 0.119. The van der Waals surface area contributed by atoms with E-state index in [4.69, 9.17) is 0 Å². The number of halogens is 2. The first-order valence-electron chi connectivity index (χ1n) is 5.27. The van der Waals surface area contributed by atoms with E-state index in [9.17, 15) is 4.79 Å². The number of alkyl halides is 2. The Morgan fingerprint density at radius 2 is 2.00 bits per heavy atom. The predicted molar refractivity (Wildman–Crippen MR) is 75.6 cm³/mol. The van der Waals surface area contributed by atoms with Crippen LogP contribution in [-0.2, 0) is 4.79 Å². The van der Waals surface area contributed by atoms with Crippen LogP contribution >= 0.6 is 31.9 Å². The van der Waals surface area contributed by atoms with Gasteiger partial charge in [-0.2, -0.15) is 0 Å². The van der Waals surface area contributed by atoms with Crippen molar-refractivity contribution in [3.05, 3.63) is 30.3 Å². The van der Waals surface area contributed by atoms with Gasteiger partial charge in [-0.05, 0) is 18.6 Å². The molecule has 0 spiro atoms. The van der Waals surface area contributed by atoms with E-state index in [1.165, 1.54) is 0 Å². The summed E-state index contributed by atoms with van der Waals surface area (Å²) < 4.78 is 0. The Bertz CT molecular complexity index is 329. The molecule has 1 amide bonds. The van der Waals surface area contributed by atoms with Crippen LogP contribution in [0.5, 0.6) is 0 Å². The van der Waals surface area contributed by atoms with Gasteiger partial charge in [-0.25, -0.2) is 0 Å². The van der Waals surface area contributed by atoms with Crippen LogP contribution in [0.15, 0.2) is 30.3 Å². The maximum atomic E-state index is 12.1. The fourth-order valence-corrected chi connectivity index (χ4v) is 2.00. The number of hydrogen-bond acceptors (Lipinski definition) is 1. The molecule has 88 valence electrons. The first-order valence-corrected chi connectivity index (χ1v) is 7.30. The molecule has 4 heteroatoms. The number of amides is 1. The van der Waals surface area contributed by atoms with Gasteiger partial charge in [0, 0.05) is 17.6 Å². The Morgan fingerprint density at radius 3 is 2.50 bits per heavy atom. The van der Waals surface area contributed by atoms with Crippen LogP contribution in [0.25, 0.3) is 0 Å². The number of carbonyl (C=O) groups excluding carboxylic acids is 1. The van der Waals surface area contributed by atoms with E-state index in [0.29, 0.717) is 6.54 Å². The topological polar surface area (TPSA) is 20.3 Å². The molecular weight excluding hydrogens is 334 g/mol. The highest BCUT2D eigenvalue weighted by atomic mass is 79.9. The summed E-state index contributed by atoms with van der Waals surface area (Å²) in [5.41, 5.74) is 0.949. The maximum absolute atomic E-state index is 12.1. The largest absolute Gasteiger partial charge is 0.311 e. The third kappa shape index (κ3) is 3.59. The van der Waals surface area contributed by atoms with Crippen molar-refractivity contribution in [2.75, 3.05) is 16.8 Å². The number of hydrogen-bond donors (Lipinski definition) is 0. The number of para-hydroxylation sites is 1. The van der Waals surface area contributed by atoms with Gasteiger partial charge in [0.15, 0.2) is 0 Å². The summed E-state index contributed by atoms with van der Waals surface area (Å²) in [7, 11) is 0. The molecule has 0 heterocycles. The normalized spacial score (nSPS) is 12.2. The van der Waals surface area contributed by atoms with Gasteiger partial charge in [-0.3, -0.25) is 4.79 Å². The van der Waals surface area contributed by atoms with Crippen LogP contribution in [0.3, 0.4) is 0 Å². The SMILES string of the molecule is CCC(Br)C(=O)N(CCBr)c1ccccc1.